The zero-order valence-corrected chi connectivity index (χ0v) is 22.6. The summed E-state index contributed by atoms with van der Waals surface area (Å²) in [5.74, 6) is -8.51. The number of carboxylic acids is 1. The third-order valence-electron chi connectivity index (χ3n) is 4.84. The fraction of sp³-hybridized carbons (Fsp3) is 0.750. The highest BCUT2D eigenvalue weighted by atomic mass is 16.6. The van der Waals surface area contributed by atoms with Crippen LogP contribution in [-0.4, -0.2) is 82.7 Å². The predicted molar refractivity (Wildman–Crippen MR) is 125 cm³/mol. The van der Waals surface area contributed by atoms with E-state index in [1.54, 1.807) is 13.8 Å². The molecule has 0 spiro atoms. The van der Waals surface area contributed by atoms with E-state index in [1.807, 2.05) is 0 Å². The van der Waals surface area contributed by atoms with Crippen molar-refractivity contribution in [3.05, 3.63) is 0 Å². The first-order valence-corrected chi connectivity index (χ1v) is 11.8. The van der Waals surface area contributed by atoms with Gasteiger partial charge in [0.05, 0.1) is 0 Å². The Morgan fingerprint density at radius 1 is 0.459 bits per heavy atom. The summed E-state index contributed by atoms with van der Waals surface area (Å²) in [7, 11) is 0. The number of aliphatic hydroxyl groups is 1. The van der Waals surface area contributed by atoms with E-state index in [0.717, 1.165) is 6.92 Å². The van der Waals surface area contributed by atoms with Gasteiger partial charge >= 0.3 is 35.8 Å². The molecule has 0 amide bonds. The lowest BCUT2D eigenvalue weighted by atomic mass is 10.1. The van der Waals surface area contributed by atoms with E-state index in [-0.39, 0.29) is 0 Å². The number of carbonyl (C=O) groups is 6. The van der Waals surface area contributed by atoms with Gasteiger partial charge in [-0.1, -0.05) is 41.5 Å². The van der Waals surface area contributed by atoms with Crippen LogP contribution in [-0.2, 0) is 52.5 Å². The molecule has 13 nitrogen and oxygen atoms in total. The summed E-state index contributed by atoms with van der Waals surface area (Å²) in [5.41, 5.74) is 0. The molecule has 0 aliphatic heterocycles. The van der Waals surface area contributed by atoms with E-state index < -0.39 is 90.2 Å². The molecule has 13 heteroatoms. The normalized spacial score (nSPS) is 16.1. The molecule has 0 radical (unpaired) electrons. The monoisotopic (exact) mass is 534 g/mol. The highest BCUT2D eigenvalue weighted by Gasteiger charge is 2.37. The second kappa shape index (κ2) is 15.1. The zero-order valence-electron chi connectivity index (χ0n) is 22.6. The topological polar surface area (TPSA) is 189 Å². The van der Waals surface area contributed by atoms with Gasteiger partial charge in [-0.05, 0) is 20.8 Å². The molecular weight excluding hydrogens is 496 g/mol. The van der Waals surface area contributed by atoms with Crippen LogP contribution in [0.4, 0.5) is 0 Å². The number of carbonyl (C=O) groups excluding carboxylic acids is 5. The Kier molecular flexibility index (Phi) is 13.8. The maximum absolute atomic E-state index is 12.6. The second-order valence-corrected chi connectivity index (χ2v) is 9.48. The maximum atomic E-state index is 12.6. The summed E-state index contributed by atoms with van der Waals surface area (Å²) in [4.78, 5) is 72.7. The summed E-state index contributed by atoms with van der Waals surface area (Å²) in [6, 6.07) is 0. The SMILES string of the molecule is CC(C)[C@H](OC(=O)[C@H](C)OC(=O)[C@@H](OC(=O)[C@H](C)OC(=O)[C@@H](OC(=O)[C@H](C)O)C(C)C)C(C)C)C(=O)O. The van der Waals surface area contributed by atoms with Gasteiger partial charge in [-0.15, -0.1) is 0 Å². The molecular formula is C24H38O13. The highest BCUT2D eigenvalue weighted by Crippen LogP contribution is 2.16. The van der Waals surface area contributed by atoms with Crippen molar-refractivity contribution in [3.8, 4) is 0 Å². The number of carboxylic acid groups (broad SMARTS) is 1. The van der Waals surface area contributed by atoms with E-state index in [1.165, 1.54) is 41.5 Å². The molecule has 0 aromatic heterocycles. The van der Waals surface area contributed by atoms with Crippen LogP contribution < -0.4 is 0 Å². The van der Waals surface area contributed by atoms with Crippen molar-refractivity contribution >= 4 is 35.8 Å². The summed E-state index contributed by atoms with van der Waals surface area (Å²) >= 11 is 0. The molecule has 0 saturated heterocycles. The van der Waals surface area contributed by atoms with Gasteiger partial charge in [-0.3, -0.25) is 0 Å². The van der Waals surface area contributed by atoms with Crippen LogP contribution in [0.3, 0.4) is 0 Å². The third kappa shape index (κ3) is 11.1. The van der Waals surface area contributed by atoms with Crippen molar-refractivity contribution in [2.24, 2.45) is 17.8 Å². The van der Waals surface area contributed by atoms with Gasteiger partial charge in [-0.2, -0.15) is 0 Å². The van der Waals surface area contributed by atoms with Gasteiger partial charge in [0.2, 0.25) is 18.3 Å². The molecule has 2 N–H and O–H groups in total. The fourth-order valence-electron chi connectivity index (χ4n) is 2.63. The molecule has 212 valence electrons. The minimum Gasteiger partial charge on any atom is -0.478 e. The molecule has 0 bridgehead atoms. The summed E-state index contributed by atoms with van der Waals surface area (Å²) in [6.07, 6.45) is -8.85. The van der Waals surface area contributed by atoms with Crippen LogP contribution in [0.5, 0.6) is 0 Å². The first kappa shape index (κ1) is 33.8. The van der Waals surface area contributed by atoms with Crippen LogP contribution in [0.1, 0.15) is 62.3 Å². The Hall–Kier alpha value is -3.22. The average Bonchev–Trinajstić information content (AvgIpc) is 2.77. The Balaban J connectivity index is 5.25. The second-order valence-electron chi connectivity index (χ2n) is 9.48. The van der Waals surface area contributed by atoms with Gasteiger partial charge in [0.15, 0.2) is 12.2 Å². The van der Waals surface area contributed by atoms with E-state index in [9.17, 15) is 33.9 Å². The third-order valence-corrected chi connectivity index (χ3v) is 4.84. The fourth-order valence-corrected chi connectivity index (χ4v) is 2.63. The molecule has 0 aliphatic carbocycles. The van der Waals surface area contributed by atoms with Crippen LogP contribution in [0.25, 0.3) is 0 Å². The molecule has 0 unspecified atom stereocenters. The van der Waals surface area contributed by atoms with Crippen molar-refractivity contribution in [2.45, 2.75) is 98.9 Å². The molecule has 0 rings (SSSR count). The Morgan fingerprint density at radius 2 is 0.757 bits per heavy atom. The number of esters is 5. The molecule has 0 heterocycles. The zero-order chi connectivity index (χ0) is 29.2. The van der Waals surface area contributed by atoms with Gasteiger partial charge < -0.3 is 33.9 Å². The molecule has 6 atom stereocenters. The molecule has 0 fully saturated rings. The van der Waals surface area contributed by atoms with E-state index >= 15 is 0 Å². The first-order chi connectivity index (χ1) is 16.9. The van der Waals surface area contributed by atoms with Crippen molar-refractivity contribution in [3.63, 3.8) is 0 Å². The standard InChI is InChI=1S/C24H38O13/c1-10(2)16(19(26)27)35-21(29)14(8)33-24(32)18(12(5)6)37-22(30)15(9)34-23(31)17(11(3)4)36-20(28)13(7)25/h10-18,25H,1-9H3,(H,26,27)/t13-,14-,15-,16-,17-,18-/m0/s1. The number of aliphatic carboxylic acids is 1. The lowest BCUT2D eigenvalue weighted by Gasteiger charge is -2.25. The largest absolute Gasteiger partial charge is 0.478 e. The minimum atomic E-state index is -1.52. The molecule has 37 heavy (non-hydrogen) atoms. The molecule has 0 aromatic rings. The van der Waals surface area contributed by atoms with Crippen molar-refractivity contribution in [2.75, 3.05) is 0 Å². The number of ether oxygens (including phenoxy) is 5. The van der Waals surface area contributed by atoms with Crippen LogP contribution in [0.15, 0.2) is 0 Å². The maximum Gasteiger partial charge on any atom is 0.348 e. The lowest BCUT2D eigenvalue weighted by Crippen LogP contribution is -2.43. The summed E-state index contributed by atoms with van der Waals surface area (Å²) < 4.78 is 25.0. The van der Waals surface area contributed by atoms with Gasteiger partial charge in [-0.25, -0.2) is 28.8 Å². The van der Waals surface area contributed by atoms with E-state index in [0.29, 0.717) is 0 Å². The molecule has 0 saturated carbocycles. The minimum absolute atomic E-state index is 0.538. The van der Waals surface area contributed by atoms with Gasteiger partial charge in [0.1, 0.15) is 6.10 Å². The van der Waals surface area contributed by atoms with Crippen LogP contribution in [0, 0.1) is 17.8 Å². The highest BCUT2D eigenvalue weighted by molar-refractivity contribution is 5.87. The van der Waals surface area contributed by atoms with E-state index in [4.69, 9.17) is 28.8 Å². The Labute approximate surface area is 215 Å². The van der Waals surface area contributed by atoms with Crippen molar-refractivity contribution < 1.29 is 62.7 Å². The van der Waals surface area contributed by atoms with Gasteiger partial charge in [0.25, 0.3) is 0 Å². The Bertz CT molecular complexity index is 830. The number of aliphatic hydroxyl groups excluding tert-OH is 1. The molecule has 0 aromatic carbocycles. The number of hydrogen-bond donors (Lipinski definition) is 2. The summed E-state index contributed by atoms with van der Waals surface area (Å²) in [6.45, 7) is 12.7. The van der Waals surface area contributed by atoms with Crippen LogP contribution in [0.2, 0.25) is 0 Å². The smallest absolute Gasteiger partial charge is 0.348 e. The number of rotatable bonds is 14. The van der Waals surface area contributed by atoms with E-state index in [2.05, 4.69) is 0 Å². The predicted octanol–water partition coefficient (Wildman–Crippen LogP) is 1.02. The number of hydrogen-bond acceptors (Lipinski definition) is 12. The van der Waals surface area contributed by atoms with Crippen molar-refractivity contribution in [1.82, 2.24) is 0 Å². The van der Waals surface area contributed by atoms with Crippen LogP contribution >= 0.6 is 0 Å². The first-order valence-electron chi connectivity index (χ1n) is 11.8. The van der Waals surface area contributed by atoms with Gasteiger partial charge in [0, 0.05) is 17.8 Å². The summed E-state index contributed by atoms with van der Waals surface area (Å²) in [5, 5.41) is 18.4. The van der Waals surface area contributed by atoms with Crippen molar-refractivity contribution in [1.29, 1.82) is 0 Å². The average molecular weight is 535 g/mol. The molecule has 0 aliphatic rings. The lowest BCUT2D eigenvalue weighted by molar-refractivity contribution is -0.191. The Morgan fingerprint density at radius 3 is 1.03 bits per heavy atom. The quantitative estimate of drug-likeness (QED) is 0.237.